The van der Waals surface area contributed by atoms with Crippen LogP contribution >= 0.6 is 0 Å². The molecule has 1 aliphatic rings. The molecule has 2 N–H and O–H groups in total. The van der Waals surface area contributed by atoms with Crippen molar-refractivity contribution in [2.24, 2.45) is 10.9 Å². The number of guanidine groups is 1. The van der Waals surface area contributed by atoms with Gasteiger partial charge in [0.2, 0.25) is 0 Å². The number of hydrogen-bond acceptors (Lipinski definition) is 3. The number of aryl methyl sites for hydroxylation is 2. The van der Waals surface area contributed by atoms with Crippen LogP contribution < -0.4 is 10.6 Å². The van der Waals surface area contributed by atoms with Gasteiger partial charge in [-0.05, 0) is 63.5 Å². The highest BCUT2D eigenvalue weighted by Gasteiger charge is 2.13. The van der Waals surface area contributed by atoms with Gasteiger partial charge in [0.05, 0.1) is 0 Å². The fourth-order valence-corrected chi connectivity index (χ4v) is 3.30. The van der Waals surface area contributed by atoms with E-state index >= 15 is 0 Å². The van der Waals surface area contributed by atoms with E-state index in [1.54, 1.807) is 0 Å². The lowest BCUT2D eigenvalue weighted by atomic mass is 10.0. The third kappa shape index (κ3) is 8.76. The van der Waals surface area contributed by atoms with E-state index in [0.717, 1.165) is 77.7 Å². The van der Waals surface area contributed by atoms with E-state index in [0.29, 0.717) is 5.92 Å². The minimum atomic E-state index is 0.673. The van der Waals surface area contributed by atoms with Crippen LogP contribution in [-0.4, -0.2) is 52.0 Å². The van der Waals surface area contributed by atoms with Gasteiger partial charge < -0.3 is 20.1 Å². The summed E-state index contributed by atoms with van der Waals surface area (Å²) in [4.78, 5) is 4.66. The Morgan fingerprint density at radius 3 is 2.78 bits per heavy atom. The van der Waals surface area contributed by atoms with E-state index < -0.39 is 0 Å². The lowest BCUT2D eigenvalue weighted by Gasteiger charge is -2.21. The molecule has 0 saturated carbocycles. The van der Waals surface area contributed by atoms with Gasteiger partial charge in [0.1, 0.15) is 0 Å². The van der Waals surface area contributed by atoms with Crippen molar-refractivity contribution in [3.05, 3.63) is 34.9 Å². The standard InChI is InChI=1S/C22H37N3O2/c1-4-23-22(25-12-8-21-7-6-18(2)16-19(21)3)24-11-5-13-27-17-20-9-14-26-15-10-20/h6-7,16,20H,4-5,8-15,17H2,1-3H3,(H2,23,24,25). The molecule has 1 aromatic carbocycles. The van der Waals surface area contributed by atoms with Crippen LogP contribution in [0.3, 0.4) is 0 Å². The number of rotatable bonds is 10. The summed E-state index contributed by atoms with van der Waals surface area (Å²) in [7, 11) is 0. The number of ether oxygens (including phenoxy) is 2. The summed E-state index contributed by atoms with van der Waals surface area (Å²) in [6, 6.07) is 6.66. The molecule has 0 atom stereocenters. The van der Waals surface area contributed by atoms with Crippen LogP contribution in [-0.2, 0) is 15.9 Å². The first kappa shape index (κ1) is 21.7. The molecule has 0 spiro atoms. The summed E-state index contributed by atoms with van der Waals surface area (Å²) in [5, 5.41) is 6.76. The summed E-state index contributed by atoms with van der Waals surface area (Å²) in [6.45, 7) is 12.4. The summed E-state index contributed by atoms with van der Waals surface area (Å²) >= 11 is 0. The zero-order chi connectivity index (χ0) is 19.3. The highest BCUT2D eigenvalue weighted by atomic mass is 16.5. The fraction of sp³-hybridized carbons (Fsp3) is 0.682. The van der Waals surface area contributed by atoms with Gasteiger partial charge in [-0.3, -0.25) is 4.99 Å². The normalized spacial score (nSPS) is 15.7. The van der Waals surface area contributed by atoms with Crippen molar-refractivity contribution >= 4 is 5.96 Å². The number of nitrogens with one attached hydrogen (secondary N) is 2. The van der Waals surface area contributed by atoms with Gasteiger partial charge in [0.25, 0.3) is 0 Å². The molecule has 0 unspecified atom stereocenters. The van der Waals surface area contributed by atoms with Crippen molar-refractivity contribution in [3.8, 4) is 0 Å². The first-order valence-electron chi connectivity index (χ1n) is 10.4. The van der Waals surface area contributed by atoms with Crippen LogP contribution in [0, 0.1) is 19.8 Å². The van der Waals surface area contributed by atoms with Gasteiger partial charge in [-0.25, -0.2) is 0 Å². The largest absolute Gasteiger partial charge is 0.381 e. The molecule has 0 bridgehead atoms. The second-order valence-corrected chi connectivity index (χ2v) is 7.35. The zero-order valence-corrected chi connectivity index (χ0v) is 17.4. The van der Waals surface area contributed by atoms with Crippen molar-refractivity contribution in [1.29, 1.82) is 0 Å². The van der Waals surface area contributed by atoms with Crippen molar-refractivity contribution < 1.29 is 9.47 Å². The molecule has 152 valence electrons. The van der Waals surface area contributed by atoms with Crippen molar-refractivity contribution in [1.82, 2.24) is 10.6 Å². The Bertz CT molecular complexity index is 569. The van der Waals surface area contributed by atoms with E-state index in [4.69, 9.17) is 9.47 Å². The summed E-state index contributed by atoms with van der Waals surface area (Å²) < 4.78 is 11.2. The third-order valence-corrected chi connectivity index (χ3v) is 4.94. The molecule has 2 rings (SSSR count). The SMILES string of the molecule is CCNC(=NCCCOCC1CCOCC1)NCCc1ccc(C)cc1C. The van der Waals surface area contributed by atoms with Gasteiger partial charge in [-0.2, -0.15) is 0 Å². The van der Waals surface area contributed by atoms with Crippen LogP contribution in [0.25, 0.3) is 0 Å². The van der Waals surface area contributed by atoms with Crippen molar-refractivity contribution in [3.63, 3.8) is 0 Å². The monoisotopic (exact) mass is 375 g/mol. The van der Waals surface area contributed by atoms with E-state index in [2.05, 4.69) is 54.6 Å². The molecule has 1 aromatic rings. The maximum Gasteiger partial charge on any atom is 0.191 e. The van der Waals surface area contributed by atoms with Gasteiger partial charge in [0, 0.05) is 46.1 Å². The molecule has 1 fully saturated rings. The Kier molecular flexibility index (Phi) is 10.2. The van der Waals surface area contributed by atoms with Crippen LogP contribution in [0.15, 0.2) is 23.2 Å². The molecule has 0 amide bonds. The lowest BCUT2D eigenvalue weighted by Crippen LogP contribution is -2.38. The number of benzene rings is 1. The maximum absolute atomic E-state index is 5.81. The van der Waals surface area contributed by atoms with Crippen LogP contribution in [0.2, 0.25) is 0 Å². The predicted octanol–water partition coefficient (Wildman–Crippen LogP) is 3.23. The summed E-state index contributed by atoms with van der Waals surface area (Å²) in [5.74, 6) is 1.57. The average molecular weight is 376 g/mol. The van der Waals surface area contributed by atoms with Crippen molar-refractivity contribution in [2.45, 2.75) is 46.5 Å². The average Bonchev–Trinajstić information content (AvgIpc) is 2.67. The molecule has 5 heteroatoms. The molecule has 0 radical (unpaired) electrons. The van der Waals surface area contributed by atoms with Crippen LogP contribution in [0.4, 0.5) is 0 Å². The lowest BCUT2D eigenvalue weighted by molar-refractivity contribution is 0.0205. The molecule has 1 saturated heterocycles. The molecular weight excluding hydrogens is 338 g/mol. The number of nitrogens with zero attached hydrogens (tertiary/aromatic N) is 1. The van der Waals surface area contributed by atoms with Gasteiger partial charge in [-0.15, -0.1) is 0 Å². The van der Waals surface area contributed by atoms with E-state index in [1.165, 1.54) is 16.7 Å². The third-order valence-electron chi connectivity index (χ3n) is 4.94. The molecular formula is C22H37N3O2. The summed E-state index contributed by atoms with van der Waals surface area (Å²) in [5.41, 5.74) is 4.07. The highest BCUT2D eigenvalue weighted by molar-refractivity contribution is 5.79. The first-order valence-corrected chi connectivity index (χ1v) is 10.4. The highest BCUT2D eigenvalue weighted by Crippen LogP contribution is 2.14. The predicted molar refractivity (Wildman–Crippen MR) is 113 cm³/mol. The molecule has 1 heterocycles. The molecule has 0 aliphatic carbocycles. The van der Waals surface area contributed by atoms with E-state index in [-0.39, 0.29) is 0 Å². The second-order valence-electron chi connectivity index (χ2n) is 7.35. The fourth-order valence-electron chi connectivity index (χ4n) is 3.30. The number of aliphatic imine (C=N–C) groups is 1. The van der Waals surface area contributed by atoms with Crippen LogP contribution in [0.1, 0.15) is 42.9 Å². The van der Waals surface area contributed by atoms with Gasteiger partial charge in [0.15, 0.2) is 5.96 Å². The molecule has 1 aliphatic heterocycles. The van der Waals surface area contributed by atoms with E-state index in [1.807, 2.05) is 0 Å². The minimum Gasteiger partial charge on any atom is -0.381 e. The summed E-state index contributed by atoms with van der Waals surface area (Å²) in [6.07, 6.45) is 4.22. The smallest absolute Gasteiger partial charge is 0.191 e. The Balaban J connectivity index is 1.62. The topological polar surface area (TPSA) is 54.9 Å². The Morgan fingerprint density at radius 2 is 2.04 bits per heavy atom. The van der Waals surface area contributed by atoms with Gasteiger partial charge >= 0.3 is 0 Å². The second kappa shape index (κ2) is 12.7. The Morgan fingerprint density at radius 1 is 1.22 bits per heavy atom. The van der Waals surface area contributed by atoms with Gasteiger partial charge in [-0.1, -0.05) is 23.8 Å². The zero-order valence-electron chi connectivity index (χ0n) is 17.4. The first-order chi connectivity index (χ1) is 13.2. The molecule has 27 heavy (non-hydrogen) atoms. The van der Waals surface area contributed by atoms with E-state index in [9.17, 15) is 0 Å². The molecule has 0 aromatic heterocycles. The number of hydrogen-bond donors (Lipinski definition) is 2. The molecule has 5 nitrogen and oxygen atoms in total. The Labute approximate surface area is 164 Å². The van der Waals surface area contributed by atoms with Crippen molar-refractivity contribution in [2.75, 3.05) is 46.1 Å². The maximum atomic E-state index is 5.81. The Hall–Kier alpha value is -1.59. The van der Waals surface area contributed by atoms with Crippen LogP contribution in [0.5, 0.6) is 0 Å². The quantitative estimate of drug-likeness (QED) is 0.374. The minimum absolute atomic E-state index is 0.673.